The summed E-state index contributed by atoms with van der Waals surface area (Å²) in [6, 6.07) is 7.80. The predicted molar refractivity (Wildman–Crippen MR) is 81.2 cm³/mol. The topological polar surface area (TPSA) is 70.9 Å². The van der Waals surface area contributed by atoms with Gasteiger partial charge in [-0.2, -0.15) is 5.10 Å². The monoisotopic (exact) mass is 309 g/mol. The van der Waals surface area contributed by atoms with Crippen LogP contribution in [0.5, 0.6) is 0 Å². The van der Waals surface area contributed by atoms with Crippen molar-refractivity contribution in [3.05, 3.63) is 35.4 Å². The predicted octanol–water partition coefficient (Wildman–Crippen LogP) is 2.07. The summed E-state index contributed by atoms with van der Waals surface area (Å²) in [5.74, 6) is -0.270. The molecule has 0 saturated carbocycles. The molecule has 1 heterocycles. The molecule has 0 spiro atoms. The largest absolute Gasteiger partial charge is 0.303 e. The molecule has 1 aliphatic rings. The fourth-order valence-corrected chi connectivity index (χ4v) is 2.70. The van der Waals surface area contributed by atoms with E-state index in [1.807, 2.05) is 31.2 Å². The number of hydrogen-bond acceptors (Lipinski definition) is 5. The Hall–Kier alpha value is -1.66. The van der Waals surface area contributed by atoms with Crippen LogP contribution < -0.4 is 5.32 Å². The Morgan fingerprint density at radius 2 is 2.15 bits per heavy atom. The van der Waals surface area contributed by atoms with Gasteiger partial charge in [-0.05, 0) is 24.1 Å². The van der Waals surface area contributed by atoms with E-state index in [4.69, 9.17) is 11.6 Å². The second-order valence-electron chi connectivity index (χ2n) is 4.22. The third kappa shape index (κ3) is 4.18. The molecule has 1 atom stereocenters. The molecule has 1 fully saturated rings. The standard InChI is InChI=1S/C13H12ClN3O2S/c1-8-2-4-9(5-3-8)7-15-17-13-16-12(19)10(20-13)6-11(14)18/h2-5,7,10H,6H2,1H3,(H,16,17,19)/b15-7+. The van der Waals surface area contributed by atoms with Crippen molar-refractivity contribution in [2.24, 2.45) is 10.2 Å². The molecule has 104 valence electrons. The van der Waals surface area contributed by atoms with Crippen LogP contribution in [0, 0.1) is 6.92 Å². The number of nitrogens with zero attached hydrogens (tertiary/aromatic N) is 2. The van der Waals surface area contributed by atoms with Crippen LogP contribution in [0.1, 0.15) is 17.5 Å². The van der Waals surface area contributed by atoms with Crippen LogP contribution in [-0.2, 0) is 9.59 Å². The van der Waals surface area contributed by atoms with Crippen molar-refractivity contribution in [3.8, 4) is 0 Å². The van der Waals surface area contributed by atoms with E-state index in [-0.39, 0.29) is 12.3 Å². The summed E-state index contributed by atoms with van der Waals surface area (Å²) in [6.07, 6.45) is 1.58. The van der Waals surface area contributed by atoms with Crippen molar-refractivity contribution in [3.63, 3.8) is 0 Å². The highest BCUT2D eigenvalue weighted by Gasteiger charge is 2.31. The average molecular weight is 310 g/mol. The van der Waals surface area contributed by atoms with Crippen LogP contribution >= 0.6 is 23.4 Å². The molecular weight excluding hydrogens is 298 g/mol. The van der Waals surface area contributed by atoms with Gasteiger partial charge in [0.05, 0.1) is 11.5 Å². The van der Waals surface area contributed by atoms with Gasteiger partial charge in [0.25, 0.3) is 0 Å². The number of halogens is 1. The number of amidine groups is 1. The molecule has 5 nitrogen and oxygen atoms in total. The van der Waals surface area contributed by atoms with Crippen molar-refractivity contribution in [1.29, 1.82) is 0 Å². The number of benzene rings is 1. The van der Waals surface area contributed by atoms with Crippen molar-refractivity contribution in [2.75, 3.05) is 0 Å². The number of rotatable bonds is 4. The van der Waals surface area contributed by atoms with Gasteiger partial charge in [0.1, 0.15) is 0 Å². The number of nitrogens with one attached hydrogen (secondary N) is 1. The minimum absolute atomic E-state index is 0.0151. The summed E-state index contributed by atoms with van der Waals surface area (Å²) in [5.41, 5.74) is 2.09. The van der Waals surface area contributed by atoms with Crippen molar-refractivity contribution >= 4 is 45.9 Å². The smallest absolute Gasteiger partial charge is 0.240 e. The highest BCUT2D eigenvalue weighted by molar-refractivity contribution is 8.15. The van der Waals surface area contributed by atoms with Gasteiger partial charge in [-0.1, -0.05) is 41.6 Å². The summed E-state index contributed by atoms with van der Waals surface area (Å²) in [7, 11) is 0. The van der Waals surface area contributed by atoms with Crippen LogP contribution in [0.15, 0.2) is 34.5 Å². The van der Waals surface area contributed by atoms with Crippen LogP contribution in [0.4, 0.5) is 0 Å². The number of hydrogen-bond donors (Lipinski definition) is 1. The number of amides is 1. The molecule has 0 aromatic heterocycles. The van der Waals surface area contributed by atoms with E-state index in [2.05, 4.69) is 15.5 Å². The maximum atomic E-state index is 11.5. The molecule has 7 heteroatoms. The zero-order valence-electron chi connectivity index (χ0n) is 10.7. The lowest BCUT2D eigenvalue weighted by molar-refractivity contribution is -0.121. The lowest BCUT2D eigenvalue weighted by Crippen LogP contribution is -2.25. The molecule has 0 aliphatic carbocycles. The lowest BCUT2D eigenvalue weighted by Gasteiger charge is -1.97. The van der Waals surface area contributed by atoms with E-state index in [0.717, 1.165) is 17.3 Å². The van der Waals surface area contributed by atoms with Crippen LogP contribution in [-0.4, -0.2) is 27.8 Å². The number of carbonyl (C=O) groups is 2. The molecule has 1 unspecified atom stereocenters. The summed E-state index contributed by atoms with van der Waals surface area (Å²) in [4.78, 5) is 22.3. The Morgan fingerprint density at radius 1 is 1.45 bits per heavy atom. The van der Waals surface area contributed by atoms with Crippen LogP contribution in [0.2, 0.25) is 0 Å². The first-order valence-corrected chi connectivity index (χ1v) is 7.14. The molecule has 2 rings (SSSR count). The van der Waals surface area contributed by atoms with E-state index >= 15 is 0 Å². The first kappa shape index (κ1) is 14.7. The van der Waals surface area contributed by atoms with E-state index in [1.54, 1.807) is 6.21 Å². The van der Waals surface area contributed by atoms with E-state index in [0.29, 0.717) is 5.17 Å². The molecule has 1 aromatic rings. The molecule has 0 bridgehead atoms. The van der Waals surface area contributed by atoms with Gasteiger partial charge in [-0.15, -0.1) is 5.10 Å². The second kappa shape index (κ2) is 6.67. The van der Waals surface area contributed by atoms with Gasteiger partial charge < -0.3 is 5.32 Å². The SMILES string of the molecule is Cc1ccc(/C=N/N=C2/NC(=O)C(CC(=O)Cl)S2)cc1. The van der Waals surface area contributed by atoms with Gasteiger partial charge >= 0.3 is 0 Å². The highest BCUT2D eigenvalue weighted by Crippen LogP contribution is 2.23. The van der Waals surface area contributed by atoms with Crippen LogP contribution in [0.25, 0.3) is 0 Å². The molecule has 1 amide bonds. The maximum Gasteiger partial charge on any atom is 0.240 e. The first-order chi connectivity index (χ1) is 9.54. The zero-order chi connectivity index (χ0) is 14.5. The maximum absolute atomic E-state index is 11.5. The third-order valence-electron chi connectivity index (χ3n) is 2.56. The number of aryl methyl sites for hydroxylation is 1. The minimum atomic E-state index is -0.540. The third-order valence-corrected chi connectivity index (χ3v) is 3.78. The van der Waals surface area contributed by atoms with Gasteiger partial charge in [0.2, 0.25) is 11.1 Å². The van der Waals surface area contributed by atoms with Gasteiger partial charge in [-0.3, -0.25) is 9.59 Å². The molecule has 1 N–H and O–H groups in total. The summed E-state index contributed by atoms with van der Waals surface area (Å²) < 4.78 is 0. The van der Waals surface area contributed by atoms with Crippen molar-refractivity contribution in [2.45, 2.75) is 18.6 Å². The molecular formula is C13H12ClN3O2S. The Kier molecular flexibility index (Phi) is 4.92. The van der Waals surface area contributed by atoms with E-state index < -0.39 is 10.5 Å². The minimum Gasteiger partial charge on any atom is -0.303 e. The first-order valence-electron chi connectivity index (χ1n) is 5.88. The Morgan fingerprint density at radius 3 is 2.80 bits per heavy atom. The van der Waals surface area contributed by atoms with Crippen molar-refractivity contribution in [1.82, 2.24) is 5.32 Å². The van der Waals surface area contributed by atoms with E-state index in [9.17, 15) is 9.59 Å². The van der Waals surface area contributed by atoms with E-state index in [1.165, 1.54) is 5.56 Å². The quantitative estimate of drug-likeness (QED) is 0.526. The van der Waals surface area contributed by atoms with Crippen LogP contribution in [0.3, 0.4) is 0 Å². The summed E-state index contributed by atoms with van der Waals surface area (Å²) >= 11 is 6.42. The molecule has 1 aromatic carbocycles. The molecule has 20 heavy (non-hydrogen) atoms. The molecule has 1 saturated heterocycles. The van der Waals surface area contributed by atoms with Gasteiger partial charge in [-0.25, -0.2) is 0 Å². The molecule has 1 aliphatic heterocycles. The Bertz CT molecular complexity index is 584. The fourth-order valence-electron chi connectivity index (χ4n) is 1.53. The fraction of sp³-hybridized carbons (Fsp3) is 0.231. The second-order valence-corrected chi connectivity index (χ2v) is 5.83. The highest BCUT2D eigenvalue weighted by atomic mass is 35.5. The molecule has 0 radical (unpaired) electrons. The van der Waals surface area contributed by atoms with Crippen molar-refractivity contribution < 1.29 is 9.59 Å². The summed E-state index contributed by atoms with van der Waals surface area (Å²) in [6.45, 7) is 2.00. The zero-order valence-corrected chi connectivity index (χ0v) is 12.2. The lowest BCUT2D eigenvalue weighted by atomic mass is 10.2. The average Bonchev–Trinajstić information content (AvgIpc) is 2.72. The number of carbonyl (C=O) groups excluding carboxylic acids is 2. The Balaban J connectivity index is 1.97. The summed E-state index contributed by atoms with van der Waals surface area (Å²) in [5, 5.41) is 9.69. The Labute approximate surface area is 125 Å². The van der Waals surface area contributed by atoms with Gasteiger partial charge in [0, 0.05) is 6.42 Å². The normalized spacial score (nSPS) is 20.6. The van der Waals surface area contributed by atoms with Gasteiger partial charge in [0.15, 0.2) is 5.17 Å². The number of thioether (sulfide) groups is 1.